The van der Waals surface area contributed by atoms with Crippen LogP contribution in [-0.4, -0.2) is 12.1 Å². The molecule has 1 atom stereocenters. The molecule has 0 aromatic heterocycles. The molecule has 1 unspecified atom stereocenters. The summed E-state index contributed by atoms with van der Waals surface area (Å²) in [4.78, 5) is 0. The number of hydrogen-bond donors (Lipinski definition) is 1. The van der Waals surface area contributed by atoms with Crippen LogP contribution in [0.2, 0.25) is 0 Å². The van der Waals surface area contributed by atoms with Crippen LogP contribution in [0.5, 0.6) is 0 Å². The molecule has 0 aromatic carbocycles. The van der Waals surface area contributed by atoms with E-state index >= 15 is 0 Å². The minimum absolute atomic E-state index is 0.687. The average molecular weight is 155 g/mol. The highest BCUT2D eigenvalue weighted by molar-refractivity contribution is 4.84. The van der Waals surface area contributed by atoms with Crippen molar-refractivity contribution in [1.82, 2.24) is 5.32 Å². The highest BCUT2D eigenvalue weighted by atomic mass is 15.0. The van der Waals surface area contributed by atoms with E-state index < -0.39 is 0 Å². The fraction of sp³-hybridized carbons (Fsp3) is 1.00. The van der Waals surface area contributed by atoms with E-state index in [1.165, 1.54) is 12.8 Å². The Hall–Kier alpha value is -0.0400. The highest BCUT2D eigenvalue weighted by Crippen LogP contribution is 2.27. The van der Waals surface area contributed by atoms with E-state index in [4.69, 9.17) is 0 Å². The van der Waals surface area contributed by atoms with Gasteiger partial charge in [0.1, 0.15) is 0 Å². The Balaban J connectivity index is 2.11. The van der Waals surface area contributed by atoms with Gasteiger partial charge < -0.3 is 5.32 Å². The molecule has 0 saturated heterocycles. The summed E-state index contributed by atoms with van der Waals surface area (Å²) in [5, 5.41) is 3.65. The Bertz CT molecular complexity index is 114. The van der Waals surface area contributed by atoms with Crippen molar-refractivity contribution in [3.05, 3.63) is 0 Å². The van der Waals surface area contributed by atoms with Crippen molar-refractivity contribution in [2.45, 2.75) is 52.6 Å². The fourth-order valence-electron chi connectivity index (χ4n) is 1.60. The zero-order chi connectivity index (χ0) is 8.43. The fourth-order valence-corrected chi connectivity index (χ4v) is 1.60. The molecule has 1 nitrogen and oxygen atoms in total. The quantitative estimate of drug-likeness (QED) is 0.660. The Morgan fingerprint density at radius 2 is 1.73 bits per heavy atom. The van der Waals surface area contributed by atoms with Crippen LogP contribution in [0.1, 0.15) is 40.5 Å². The van der Waals surface area contributed by atoms with E-state index in [0.29, 0.717) is 6.04 Å². The van der Waals surface area contributed by atoms with Gasteiger partial charge in [0.25, 0.3) is 0 Å². The van der Waals surface area contributed by atoms with E-state index in [-0.39, 0.29) is 0 Å². The molecule has 1 N–H and O–H groups in total. The summed E-state index contributed by atoms with van der Waals surface area (Å²) in [6, 6.07) is 1.51. The molecule has 0 spiro atoms. The molecule has 1 rings (SSSR count). The number of rotatable bonds is 3. The van der Waals surface area contributed by atoms with Gasteiger partial charge in [-0.1, -0.05) is 20.8 Å². The zero-order valence-corrected chi connectivity index (χ0v) is 8.22. The third-order valence-corrected chi connectivity index (χ3v) is 2.87. The molecule has 0 amide bonds. The normalized spacial score (nSPS) is 33.5. The van der Waals surface area contributed by atoms with Gasteiger partial charge in [0.15, 0.2) is 0 Å². The molecule has 1 aliphatic carbocycles. The van der Waals surface area contributed by atoms with Gasteiger partial charge in [0.2, 0.25) is 0 Å². The van der Waals surface area contributed by atoms with Crippen molar-refractivity contribution >= 4 is 0 Å². The summed E-state index contributed by atoms with van der Waals surface area (Å²) in [6.07, 6.45) is 2.77. The molecule has 11 heavy (non-hydrogen) atoms. The predicted molar refractivity (Wildman–Crippen MR) is 49.6 cm³/mol. The second-order valence-electron chi connectivity index (χ2n) is 4.47. The summed E-state index contributed by atoms with van der Waals surface area (Å²) in [5.41, 5.74) is 0. The van der Waals surface area contributed by atoms with Crippen LogP contribution in [0.15, 0.2) is 0 Å². The molecule has 66 valence electrons. The summed E-state index contributed by atoms with van der Waals surface area (Å²) in [5.74, 6) is 1.73. The van der Waals surface area contributed by atoms with Gasteiger partial charge in [-0.25, -0.2) is 0 Å². The second kappa shape index (κ2) is 3.57. The van der Waals surface area contributed by atoms with Gasteiger partial charge in [-0.05, 0) is 31.6 Å². The Kier molecular flexibility index (Phi) is 2.94. The number of hydrogen-bond acceptors (Lipinski definition) is 1. The van der Waals surface area contributed by atoms with Crippen LogP contribution in [0.4, 0.5) is 0 Å². The first-order valence-electron chi connectivity index (χ1n) is 4.85. The lowest BCUT2D eigenvalue weighted by atomic mass is 9.81. The van der Waals surface area contributed by atoms with E-state index in [9.17, 15) is 0 Å². The molecule has 1 saturated carbocycles. The van der Waals surface area contributed by atoms with E-state index in [0.717, 1.165) is 17.9 Å². The maximum Gasteiger partial charge on any atom is 0.00747 e. The van der Waals surface area contributed by atoms with Gasteiger partial charge >= 0.3 is 0 Å². The van der Waals surface area contributed by atoms with Crippen molar-refractivity contribution in [3.8, 4) is 0 Å². The minimum Gasteiger partial charge on any atom is -0.311 e. The SMILES string of the molecule is CC1CC(NC(C)C(C)C)C1. The first kappa shape index (κ1) is 9.05. The van der Waals surface area contributed by atoms with Crippen LogP contribution in [-0.2, 0) is 0 Å². The van der Waals surface area contributed by atoms with Gasteiger partial charge in [-0.3, -0.25) is 0 Å². The van der Waals surface area contributed by atoms with Crippen LogP contribution < -0.4 is 5.32 Å². The Morgan fingerprint density at radius 1 is 1.18 bits per heavy atom. The molecule has 0 bridgehead atoms. The lowest BCUT2D eigenvalue weighted by molar-refractivity contribution is 0.211. The maximum absolute atomic E-state index is 3.65. The van der Waals surface area contributed by atoms with E-state index in [2.05, 4.69) is 33.0 Å². The summed E-state index contributed by atoms with van der Waals surface area (Å²) in [7, 11) is 0. The molecule has 1 heteroatoms. The maximum atomic E-state index is 3.65. The molecule has 0 heterocycles. The van der Waals surface area contributed by atoms with Gasteiger partial charge in [0, 0.05) is 12.1 Å². The molecule has 0 radical (unpaired) electrons. The predicted octanol–water partition coefficient (Wildman–Crippen LogP) is 2.42. The first-order chi connectivity index (χ1) is 5.09. The van der Waals surface area contributed by atoms with Gasteiger partial charge in [-0.15, -0.1) is 0 Å². The molecule has 0 aliphatic heterocycles. The topological polar surface area (TPSA) is 12.0 Å². The van der Waals surface area contributed by atoms with Crippen molar-refractivity contribution in [1.29, 1.82) is 0 Å². The smallest absolute Gasteiger partial charge is 0.00747 e. The summed E-state index contributed by atoms with van der Waals surface area (Å²) in [6.45, 7) is 9.17. The third kappa shape index (κ3) is 2.48. The number of nitrogens with one attached hydrogen (secondary N) is 1. The van der Waals surface area contributed by atoms with Crippen LogP contribution >= 0.6 is 0 Å². The first-order valence-corrected chi connectivity index (χ1v) is 4.85. The van der Waals surface area contributed by atoms with Crippen molar-refractivity contribution in [2.75, 3.05) is 0 Å². The zero-order valence-electron chi connectivity index (χ0n) is 8.22. The second-order valence-corrected chi connectivity index (χ2v) is 4.47. The van der Waals surface area contributed by atoms with Gasteiger partial charge in [-0.2, -0.15) is 0 Å². The molecule has 0 aromatic rings. The molecule has 1 aliphatic rings. The standard InChI is InChI=1S/C10H21N/c1-7(2)9(4)11-10-5-8(3)6-10/h7-11H,5-6H2,1-4H3. The monoisotopic (exact) mass is 155 g/mol. The summed E-state index contributed by atoms with van der Waals surface area (Å²) < 4.78 is 0. The van der Waals surface area contributed by atoms with Crippen LogP contribution in [0, 0.1) is 11.8 Å². The van der Waals surface area contributed by atoms with E-state index in [1.807, 2.05) is 0 Å². The van der Waals surface area contributed by atoms with Crippen molar-refractivity contribution in [3.63, 3.8) is 0 Å². The van der Waals surface area contributed by atoms with Crippen molar-refractivity contribution < 1.29 is 0 Å². The van der Waals surface area contributed by atoms with Crippen LogP contribution in [0.25, 0.3) is 0 Å². The summed E-state index contributed by atoms with van der Waals surface area (Å²) >= 11 is 0. The molecule has 1 fully saturated rings. The largest absolute Gasteiger partial charge is 0.311 e. The third-order valence-electron chi connectivity index (χ3n) is 2.87. The minimum atomic E-state index is 0.687. The van der Waals surface area contributed by atoms with Gasteiger partial charge in [0.05, 0.1) is 0 Å². The Labute approximate surface area is 70.6 Å². The Morgan fingerprint density at radius 3 is 2.09 bits per heavy atom. The highest BCUT2D eigenvalue weighted by Gasteiger charge is 2.26. The average Bonchev–Trinajstić information content (AvgIpc) is 1.84. The molecular weight excluding hydrogens is 134 g/mol. The lowest BCUT2D eigenvalue weighted by Crippen LogP contribution is -2.46. The van der Waals surface area contributed by atoms with Crippen LogP contribution in [0.3, 0.4) is 0 Å². The lowest BCUT2D eigenvalue weighted by Gasteiger charge is -2.36. The molecular formula is C10H21N. The van der Waals surface area contributed by atoms with E-state index in [1.54, 1.807) is 0 Å². The van der Waals surface area contributed by atoms with Crippen molar-refractivity contribution in [2.24, 2.45) is 11.8 Å².